The SMILES string of the molecule is CC(=O)O[C@H](CC(C)C)[C@@H](OC(C)=O)C(=O)OC(C)C.CC(=O)O[C@H](CCC(C)C)C(=O)OC(C)C.CC(C)CC(C)(C)C(=O)OC(C)C.CC(C)CC(C)CCC(=O)OC(C)C.CC(C)CCC(CO)C(=O)OC(C)C.CC(C)CC[C@@H](C)C(=O)OC(C)C.CC(C)CC[C@H](C)C(=O)OC(C)C.CCOC(=O)C1(CCC(C)C)CCC1.CNC(CC(=O)OC(C)C)CC(C)C. The molecule has 0 saturated heterocycles. The Hall–Kier alpha value is -6.44. The van der Waals surface area contributed by atoms with Gasteiger partial charge in [-0.15, -0.1) is 0 Å². The molecule has 1 rings (SSSR count). The van der Waals surface area contributed by atoms with Gasteiger partial charge in [0.15, 0.2) is 6.10 Å². The van der Waals surface area contributed by atoms with Crippen molar-refractivity contribution in [3.63, 3.8) is 0 Å². The van der Waals surface area contributed by atoms with Gasteiger partial charge in [-0.25, -0.2) is 9.59 Å². The molecule has 3 unspecified atom stereocenters. The highest BCUT2D eigenvalue weighted by Gasteiger charge is 2.45. The van der Waals surface area contributed by atoms with Crippen LogP contribution >= 0.6 is 0 Å². The van der Waals surface area contributed by atoms with E-state index in [-0.39, 0.29) is 138 Å². The number of carbonyl (C=O) groups is 12. The van der Waals surface area contributed by atoms with Crippen molar-refractivity contribution >= 4 is 71.6 Å². The molecule has 26 heteroatoms. The Labute approximate surface area is 799 Å². The molecular formula is C105H203NO25. The van der Waals surface area contributed by atoms with Crippen molar-refractivity contribution in [3.05, 3.63) is 0 Å². The van der Waals surface area contributed by atoms with E-state index in [2.05, 4.69) is 123 Å². The van der Waals surface area contributed by atoms with Gasteiger partial charge in [-0.3, -0.25) is 47.9 Å². The van der Waals surface area contributed by atoms with Crippen molar-refractivity contribution in [2.24, 2.45) is 87.8 Å². The lowest BCUT2D eigenvalue weighted by atomic mass is 9.65. The molecule has 26 nitrogen and oxygen atoms in total. The molecule has 131 heavy (non-hydrogen) atoms. The van der Waals surface area contributed by atoms with Crippen LogP contribution in [0, 0.1) is 87.8 Å². The average molecular weight is 1880 g/mol. The summed E-state index contributed by atoms with van der Waals surface area (Å²) < 4.78 is 60.8. The largest absolute Gasteiger partial charge is 0.466 e. The van der Waals surface area contributed by atoms with Crippen LogP contribution in [0.1, 0.15) is 426 Å². The number of aliphatic hydroxyl groups is 1. The Bertz CT molecular complexity index is 2920. The first-order valence-corrected chi connectivity index (χ1v) is 49.6. The molecule has 0 aliphatic heterocycles. The Morgan fingerprint density at radius 2 is 0.718 bits per heavy atom. The Balaban J connectivity index is -0.000000217. The number of aliphatic hydroxyl groups excluding tert-OH is 1. The van der Waals surface area contributed by atoms with Gasteiger partial charge >= 0.3 is 71.6 Å². The molecule has 0 aromatic heterocycles. The fourth-order valence-electron chi connectivity index (χ4n) is 12.6. The second-order valence-electron chi connectivity index (χ2n) is 41.8. The van der Waals surface area contributed by atoms with E-state index < -0.39 is 48.2 Å². The molecule has 1 fully saturated rings. The minimum Gasteiger partial charge on any atom is -0.466 e. The van der Waals surface area contributed by atoms with Crippen molar-refractivity contribution in [1.29, 1.82) is 0 Å². The zero-order chi connectivity index (χ0) is 104. The summed E-state index contributed by atoms with van der Waals surface area (Å²) >= 11 is 0. The predicted octanol–water partition coefficient (Wildman–Crippen LogP) is 23.7. The van der Waals surface area contributed by atoms with Crippen LogP contribution in [-0.4, -0.2) is 170 Å². The predicted molar refractivity (Wildman–Crippen MR) is 526 cm³/mol. The van der Waals surface area contributed by atoms with Crippen LogP contribution in [0.25, 0.3) is 0 Å². The molecule has 0 spiro atoms. The minimum atomic E-state index is -1.24. The van der Waals surface area contributed by atoms with Gasteiger partial charge in [0.05, 0.1) is 97.1 Å². The topological polar surface area (TPSA) is 348 Å². The van der Waals surface area contributed by atoms with Crippen LogP contribution in [0.15, 0.2) is 0 Å². The molecule has 1 aliphatic rings. The van der Waals surface area contributed by atoms with Crippen molar-refractivity contribution in [1.82, 2.24) is 5.32 Å². The standard InChI is InChI=1S/C14H24O6.C12H22O4.C12H22O2.C12H24O2.C11H23NO2.C11H22O3.3C11H22O2/c1-8(2)7-12(19-10(5)15)13(20-11(6)16)14(17)18-9(3)4;1-8(2)6-7-11(16-10(5)13)12(14)15-9(3)4;1-4-14-11(13)12(7-5-8-12)9-6-10(2)3;1-9(2)8-11(5)6-7-12(13)14-10(3)4;1-8(2)6-10(12-5)7-11(13)14-9(3)4;1-8(2)5-6-10(7-12)11(13)14-9(3)4;1-8(2)7-11(5,6)10(12)13-9(3)4;2*1-8(2)6-7-10(5)11(12)13-9(3)4/h8-9,12-13H,7H2,1-6H3;8-9,11H,6-7H2,1-5H3;10H,4-9H2,1-3H3;9-11H,6-8H2,1-5H3;8-10,12H,6-7H2,1-5H3;8-10,12H,5-7H2,1-4H3;8-9H,7H2,1-6H3;2*8-10H,6-7H2,1-5H3/t12-,13-;11-;;;;;;2*10-/m11.....10/s1. The van der Waals surface area contributed by atoms with Crippen LogP contribution in [0.2, 0.25) is 0 Å². The molecule has 778 valence electrons. The third-order valence-corrected chi connectivity index (χ3v) is 19.1. The first kappa shape index (κ1) is 140. The van der Waals surface area contributed by atoms with Gasteiger partial charge in [-0.2, -0.15) is 0 Å². The molecule has 0 heterocycles. The van der Waals surface area contributed by atoms with Crippen molar-refractivity contribution in [2.75, 3.05) is 20.3 Å². The molecule has 8 atom stereocenters. The summed E-state index contributed by atoms with van der Waals surface area (Å²) in [5, 5.41) is 12.2. The van der Waals surface area contributed by atoms with Gasteiger partial charge in [0.25, 0.3) is 0 Å². The number of ether oxygens (including phenoxy) is 12. The maximum absolute atomic E-state index is 12.0. The Kier molecular flexibility index (Phi) is 86.3. The second-order valence-corrected chi connectivity index (χ2v) is 41.8. The zero-order valence-corrected chi connectivity index (χ0v) is 91.7. The summed E-state index contributed by atoms with van der Waals surface area (Å²) in [6, 6.07) is 0.237. The van der Waals surface area contributed by atoms with Crippen LogP contribution in [0.4, 0.5) is 0 Å². The van der Waals surface area contributed by atoms with E-state index in [1.807, 2.05) is 139 Å². The first-order valence-electron chi connectivity index (χ1n) is 49.6. The lowest BCUT2D eigenvalue weighted by molar-refractivity contribution is -0.184. The third kappa shape index (κ3) is 92.4. The maximum atomic E-state index is 12.0. The maximum Gasteiger partial charge on any atom is 0.351 e. The number of nitrogens with one attached hydrogen (secondary N) is 1. The quantitative estimate of drug-likeness (QED) is 0.0422. The molecular weight excluding hydrogens is 1680 g/mol. The Morgan fingerprint density at radius 1 is 0.359 bits per heavy atom. The summed E-state index contributed by atoms with van der Waals surface area (Å²) in [6.07, 6.45) is 14.4. The second kappa shape index (κ2) is 80.8. The van der Waals surface area contributed by atoms with Gasteiger partial charge in [0, 0.05) is 33.2 Å². The van der Waals surface area contributed by atoms with Crippen molar-refractivity contribution in [3.8, 4) is 0 Å². The van der Waals surface area contributed by atoms with E-state index >= 15 is 0 Å². The molecule has 0 aromatic rings. The fourth-order valence-corrected chi connectivity index (χ4v) is 12.6. The molecule has 0 amide bonds. The molecule has 1 aliphatic carbocycles. The summed E-state index contributed by atoms with van der Waals surface area (Å²) in [4.78, 5) is 137. The van der Waals surface area contributed by atoms with Crippen LogP contribution in [0.3, 0.4) is 0 Å². The lowest BCUT2D eigenvalue weighted by Crippen LogP contribution is -2.43. The Morgan fingerprint density at radius 3 is 1.05 bits per heavy atom. The van der Waals surface area contributed by atoms with Gasteiger partial charge in [-0.1, -0.05) is 171 Å². The smallest absolute Gasteiger partial charge is 0.351 e. The summed E-state index contributed by atoms with van der Waals surface area (Å²) in [5.74, 6) is 2.00. The highest BCUT2D eigenvalue weighted by Crippen LogP contribution is 2.46. The molecule has 0 aromatic carbocycles. The number of hydrogen-bond acceptors (Lipinski definition) is 26. The molecule has 0 bridgehead atoms. The van der Waals surface area contributed by atoms with E-state index in [9.17, 15) is 57.5 Å². The lowest BCUT2D eigenvalue weighted by Gasteiger charge is -2.39. The van der Waals surface area contributed by atoms with E-state index in [1.165, 1.54) is 33.6 Å². The van der Waals surface area contributed by atoms with Gasteiger partial charge in [0.2, 0.25) is 6.10 Å². The molecule has 0 radical (unpaired) electrons. The summed E-state index contributed by atoms with van der Waals surface area (Å²) in [6.45, 7) is 83.5. The van der Waals surface area contributed by atoms with Crippen LogP contribution in [-0.2, 0) is 114 Å². The van der Waals surface area contributed by atoms with Gasteiger partial charge in [-0.05, 0) is 288 Å². The summed E-state index contributed by atoms with van der Waals surface area (Å²) in [7, 11) is 1.88. The first-order chi connectivity index (χ1) is 60.0. The van der Waals surface area contributed by atoms with Gasteiger partial charge in [0.1, 0.15) is 6.10 Å². The monoisotopic (exact) mass is 1880 g/mol. The third-order valence-electron chi connectivity index (χ3n) is 19.1. The van der Waals surface area contributed by atoms with E-state index in [0.717, 1.165) is 83.5 Å². The van der Waals surface area contributed by atoms with E-state index in [0.29, 0.717) is 92.0 Å². The van der Waals surface area contributed by atoms with Gasteiger partial charge < -0.3 is 67.3 Å². The molecule has 1 saturated carbocycles. The summed E-state index contributed by atoms with van der Waals surface area (Å²) in [5.41, 5.74) is -0.446. The number of carbonyl (C=O) groups excluding carboxylic acids is 12. The fraction of sp³-hybridized carbons (Fsp3) is 0.886. The van der Waals surface area contributed by atoms with E-state index in [1.54, 1.807) is 27.7 Å². The number of esters is 12. The molecule has 2 N–H and O–H groups in total. The highest BCUT2D eigenvalue weighted by molar-refractivity contribution is 5.81. The van der Waals surface area contributed by atoms with E-state index in [4.69, 9.17) is 61.9 Å². The van der Waals surface area contributed by atoms with Crippen LogP contribution in [0.5, 0.6) is 0 Å². The number of rotatable bonds is 50. The zero-order valence-electron chi connectivity index (χ0n) is 91.7. The normalized spacial score (nSPS) is 13.9. The van der Waals surface area contributed by atoms with Crippen molar-refractivity contribution in [2.45, 2.75) is 499 Å². The number of hydrogen-bond donors (Lipinski definition) is 2. The van der Waals surface area contributed by atoms with Crippen LogP contribution < -0.4 is 5.32 Å². The minimum absolute atomic E-state index is 0.00833. The highest BCUT2D eigenvalue weighted by atomic mass is 16.6. The van der Waals surface area contributed by atoms with Crippen molar-refractivity contribution < 1.29 is 119 Å². The average Bonchev–Trinajstić information content (AvgIpc) is 0.796.